The standard InChI is InChI=1S/C2H8N2.4CH6O6P2/c3-1-2-4;4*2-8(3,4)1-9(5,6)7/h1-4H2;4*1H2,(H2,2,3,4)(H2,5,6,7). The van der Waals surface area contributed by atoms with E-state index in [1.165, 1.54) is 0 Å². The summed E-state index contributed by atoms with van der Waals surface area (Å²) in [5, 5.41) is 0. The van der Waals surface area contributed by atoms with Gasteiger partial charge in [-0.2, -0.15) is 0 Å². The first-order chi connectivity index (χ1) is 16.7. The third-order valence-corrected chi connectivity index (χ3v) is 13.4. The van der Waals surface area contributed by atoms with E-state index in [0.717, 1.165) is 0 Å². The van der Waals surface area contributed by atoms with Crippen molar-refractivity contribution in [3.05, 3.63) is 0 Å². The molecule has 0 aliphatic heterocycles. The summed E-state index contributed by atoms with van der Waals surface area (Å²) >= 11 is 0. The molecule has 40 heavy (non-hydrogen) atoms. The fourth-order valence-electron chi connectivity index (χ4n) is 0.960. The Balaban J connectivity index is -0.000000130. The van der Waals surface area contributed by atoms with Crippen molar-refractivity contribution in [3.8, 4) is 0 Å². The van der Waals surface area contributed by atoms with Gasteiger partial charge in [0.2, 0.25) is 0 Å². The van der Waals surface area contributed by atoms with E-state index in [9.17, 15) is 36.5 Å². The molecule has 0 saturated heterocycles. The van der Waals surface area contributed by atoms with Crippen LogP contribution >= 0.6 is 60.8 Å². The first-order valence-corrected chi connectivity index (χ1v) is 22.9. The first kappa shape index (κ1) is 50.7. The summed E-state index contributed by atoms with van der Waals surface area (Å²) in [5.41, 5.74) is 9.81. The summed E-state index contributed by atoms with van der Waals surface area (Å²) in [6, 6.07) is 0. The molecule has 0 aliphatic rings. The highest BCUT2D eigenvalue weighted by Crippen LogP contribution is 2.53. The van der Waals surface area contributed by atoms with Crippen molar-refractivity contribution in [2.45, 2.75) is 0 Å². The maximum atomic E-state index is 9.85. The van der Waals surface area contributed by atoms with Crippen molar-refractivity contribution < 1.29 is 115 Å². The van der Waals surface area contributed by atoms with E-state index in [1.807, 2.05) is 0 Å². The lowest BCUT2D eigenvalue weighted by atomic mass is 10.7. The van der Waals surface area contributed by atoms with Gasteiger partial charge in [-0.1, -0.05) is 0 Å². The van der Waals surface area contributed by atoms with Crippen molar-refractivity contribution in [2.24, 2.45) is 11.5 Å². The molecule has 0 unspecified atom stereocenters. The fraction of sp³-hybridized carbons (Fsp3) is 1.00. The molecular formula is C6H32N2O24P8. The van der Waals surface area contributed by atoms with E-state index in [1.54, 1.807) is 0 Å². The molecule has 0 atom stereocenters. The second-order valence-corrected chi connectivity index (χ2v) is 21.6. The van der Waals surface area contributed by atoms with Crippen LogP contribution in [0.2, 0.25) is 0 Å². The molecule has 0 rings (SSSR count). The van der Waals surface area contributed by atoms with E-state index in [2.05, 4.69) is 0 Å². The van der Waals surface area contributed by atoms with E-state index < -0.39 is 84.4 Å². The van der Waals surface area contributed by atoms with Crippen molar-refractivity contribution in [2.75, 3.05) is 36.7 Å². The second-order valence-electron chi connectivity index (χ2n) is 6.46. The third-order valence-electron chi connectivity index (χ3n) is 1.64. The van der Waals surface area contributed by atoms with Gasteiger partial charge in [0.15, 0.2) is 23.6 Å². The van der Waals surface area contributed by atoms with Crippen LogP contribution in [0.4, 0.5) is 0 Å². The largest absolute Gasteiger partial charge is 0.337 e. The molecule has 26 nitrogen and oxygen atoms in total. The van der Waals surface area contributed by atoms with Crippen LogP contribution in [0.3, 0.4) is 0 Å². The average molecular weight is 764 g/mol. The SMILES string of the molecule is NCCN.O=P(O)(O)CP(=O)(O)O.O=P(O)(O)CP(=O)(O)O.O=P(O)(O)CP(=O)(O)O.O=P(O)(O)CP(=O)(O)O. The van der Waals surface area contributed by atoms with Crippen LogP contribution in [0.15, 0.2) is 0 Å². The summed E-state index contributed by atoms with van der Waals surface area (Å²) in [6.07, 6.45) is 0. The first-order valence-electron chi connectivity index (χ1n) is 8.51. The molecule has 0 fully saturated rings. The zero-order valence-corrected chi connectivity index (χ0v) is 26.6. The molecule has 0 bridgehead atoms. The molecule has 0 heterocycles. The maximum absolute atomic E-state index is 9.85. The van der Waals surface area contributed by atoms with Gasteiger partial charge < -0.3 is 89.8 Å². The van der Waals surface area contributed by atoms with Crippen LogP contribution in [-0.2, 0) is 36.5 Å². The molecule has 0 aliphatic carbocycles. The number of hydrogen-bond donors (Lipinski definition) is 18. The smallest absolute Gasteiger partial charge is 0.329 e. The van der Waals surface area contributed by atoms with Gasteiger partial charge in [0.05, 0.1) is 0 Å². The zero-order valence-electron chi connectivity index (χ0n) is 19.4. The Kier molecular flexibility index (Phi) is 25.6. The van der Waals surface area contributed by atoms with Gasteiger partial charge in [0.25, 0.3) is 0 Å². The molecule has 0 amide bonds. The highest BCUT2D eigenvalue weighted by Gasteiger charge is 2.28. The van der Waals surface area contributed by atoms with E-state index in [4.69, 9.17) is 89.8 Å². The lowest BCUT2D eigenvalue weighted by Crippen LogP contribution is -2.11. The van der Waals surface area contributed by atoms with Crippen LogP contribution in [-0.4, -0.2) is 115 Å². The van der Waals surface area contributed by atoms with Crippen LogP contribution in [0.5, 0.6) is 0 Å². The maximum Gasteiger partial charge on any atom is 0.337 e. The van der Waals surface area contributed by atoms with Crippen molar-refractivity contribution >= 4 is 60.8 Å². The topological polar surface area (TPSA) is 512 Å². The average Bonchev–Trinajstić information content (AvgIpc) is 2.41. The summed E-state index contributed by atoms with van der Waals surface area (Å²) in [4.78, 5) is 128. The Bertz CT molecular complexity index is 821. The van der Waals surface area contributed by atoms with E-state index in [0.29, 0.717) is 13.1 Å². The van der Waals surface area contributed by atoms with Crippen LogP contribution in [0.1, 0.15) is 0 Å². The summed E-state index contributed by atoms with van der Waals surface area (Å²) in [5.74, 6) is -5.50. The minimum Gasteiger partial charge on any atom is -0.329 e. The minimum absolute atomic E-state index is 0.597. The molecule has 250 valence electrons. The molecule has 0 aromatic heterocycles. The molecule has 0 aromatic rings. The molecule has 0 spiro atoms. The molecule has 0 radical (unpaired) electrons. The van der Waals surface area contributed by atoms with Gasteiger partial charge in [-0.25, -0.2) is 0 Å². The normalized spacial score (nSPS) is 13.2. The predicted octanol–water partition coefficient (Wildman–Crippen LogP) is -3.90. The number of rotatable bonds is 9. The van der Waals surface area contributed by atoms with Crippen molar-refractivity contribution in [1.29, 1.82) is 0 Å². The van der Waals surface area contributed by atoms with Gasteiger partial charge in [-0.05, 0) is 0 Å². The highest BCUT2D eigenvalue weighted by atomic mass is 31.3. The third kappa shape index (κ3) is 83.3. The Hall–Kier alpha value is 1.12. The minimum atomic E-state index is -4.55. The fourth-order valence-corrected chi connectivity index (χ4v) is 8.64. The van der Waals surface area contributed by atoms with E-state index in [-0.39, 0.29) is 0 Å². The van der Waals surface area contributed by atoms with Gasteiger partial charge in [-0.15, -0.1) is 0 Å². The molecule has 0 aromatic carbocycles. The molecule has 0 saturated carbocycles. The molecular weight excluding hydrogens is 732 g/mol. The van der Waals surface area contributed by atoms with Gasteiger partial charge >= 0.3 is 60.8 Å². The van der Waals surface area contributed by atoms with Crippen molar-refractivity contribution in [1.82, 2.24) is 0 Å². The quantitative estimate of drug-likeness (QED) is 0.0998. The van der Waals surface area contributed by atoms with Crippen LogP contribution in [0, 0.1) is 0 Å². The Labute approximate surface area is 224 Å². The van der Waals surface area contributed by atoms with Crippen LogP contribution < -0.4 is 11.5 Å². The Morgan fingerprint density at radius 2 is 0.350 bits per heavy atom. The second kappa shape index (κ2) is 20.2. The van der Waals surface area contributed by atoms with Gasteiger partial charge in [0.1, 0.15) is 0 Å². The lowest BCUT2D eigenvalue weighted by Gasteiger charge is -2.03. The van der Waals surface area contributed by atoms with Gasteiger partial charge in [0, 0.05) is 13.1 Å². The van der Waals surface area contributed by atoms with Crippen LogP contribution in [0.25, 0.3) is 0 Å². The van der Waals surface area contributed by atoms with E-state index >= 15 is 0 Å². The summed E-state index contributed by atoms with van der Waals surface area (Å²) in [6.45, 7) is 1.19. The van der Waals surface area contributed by atoms with Gasteiger partial charge in [-0.3, -0.25) is 36.5 Å². The number of hydrogen-bond acceptors (Lipinski definition) is 10. The summed E-state index contributed by atoms with van der Waals surface area (Å²) < 4.78 is 78.8. The molecule has 20 N–H and O–H groups in total. The predicted molar refractivity (Wildman–Crippen MR) is 134 cm³/mol. The monoisotopic (exact) mass is 764 g/mol. The number of nitrogens with two attached hydrogens (primary N) is 2. The summed E-state index contributed by atoms with van der Waals surface area (Å²) in [7, 11) is -36.4. The zero-order chi connectivity index (χ0) is 34.2. The lowest BCUT2D eigenvalue weighted by molar-refractivity contribution is 0.352. The van der Waals surface area contributed by atoms with Crippen molar-refractivity contribution in [3.63, 3.8) is 0 Å². The Morgan fingerprint density at radius 1 is 0.275 bits per heavy atom. The molecule has 34 heteroatoms. The highest BCUT2D eigenvalue weighted by molar-refractivity contribution is 7.70. The Morgan fingerprint density at radius 3 is 0.350 bits per heavy atom.